The summed E-state index contributed by atoms with van der Waals surface area (Å²) in [5.41, 5.74) is 1.27. The summed E-state index contributed by atoms with van der Waals surface area (Å²) in [6.45, 7) is 7.72. The van der Waals surface area contributed by atoms with Crippen molar-refractivity contribution in [2.45, 2.75) is 83.9 Å². The van der Waals surface area contributed by atoms with Gasteiger partial charge in [0.25, 0.3) is 0 Å². The molecule has 0 aromatic carbocycles. The molecule has 146 valence electrons. The summed E-state index contributed by atoms with van der Waals surface area (Å²) >= 11 is 0. The molecule has 0 amide bonds. The van der Waals surface area contributed by atoms with Crippen molar-refractivity contribution in [1.82, 2.24) is 15.8 Å². The molecule has 6 nitrogen and oxygen atoms in total. The second-order valence-electron chi connectivity index (χ2n) is 7.97. The van der Waals surface area contributed by atoms with Crippen LogP contribution in [0.15, 0.2) is 15.6 Å². The number of hydrogen-bond donors (Lipinski definition) is 2. The number of aliphatic imine (C=N–C) groups is 1. The van der Waals surface area contributed by atoms with Crippen LogP contribution in [0, 0.1) is 5.41 Å². The summed E-state index contributed by atoms with van der Waals surface area (Å²) in [7, 11) is 1.82. The number of ether oxygens (including phenoxy) is 1. The average Bonchev–Trinajstić information content (AvgIpc) is 3.13. The van der Waals surface area contributed by atoms with Crippen LogP contribution in [0.3, 0.4) is 0 Å². The molecule has 2 aliphatic rings. The van der Waals surface area contributed by atoms with Crippen LogP contribution in [0.1, 0.15) is 76.7 Å². The fraction of sp³-hybridized carbons (Fsp3) is 0.800. The van der Waals surface area contributed by atoms with E-state index < -0.39 is 0 Å². The van der Waals surface area contributed by atoms with Crippen molar-refractivity contribution in [3.8, 4) is 0 Å². The van der Waals surface area contributed by atoms with Gasteiger partial charge in [-0.1, -0.05) is 38.3 Å². The Morgan fingerprint density at radius 3 is 2.77 bits per heavy atom. The lowest BCUT2D eigenvalue weighted by Gasteiger charge is -2.57. The van der Waals surface area contributed by atoms with Crippen LogP contribution in [0.4, 0.5) is 0 Å². The van der Waals surface area contributed by atoms with Crippen molar-refractivity contribution >= 4 is 5.96 Å². The van der Waals surface area contributed by atoms with Crippen molar-refractivity contribution in [3.05, 3.63) is 17.5 Å². The Labute approximate surface area is 157 Å². The van der Waals surface area contributed by atoms with E-state index in [9.17, 15) is 0 Å². The minimum absolute atomic E-state index is 0.281. The number of guanidine groups is 1. The quantitative estimate of drug-likeness (QED) is 0.598. The SMILES string of the molecule is CCOC1CC(NC(=NC)NCc2cc(C(C)C)no2)C12CCCCC2. The van der Waals surface area contributed by atoms with Crippen molar-refractivity contribution in [1.29, 1.82) is 0 Å². The van der Waals surface area contributed by atoms with Crippen LogP contribution in [0.25, 0.3) is 0 Å². The highest BCUT2D eigenvalue weighted by molar-refractivity contribution is 5.80. The molecule has 1 aromatic rings. The van der Waals surface area contributed by atoms with E-state index in [4.69, 9.17) is 9.26 Å². The molecule has 1 heterocycles. The van der Waals surface area contributed by atoms with Gasteiger partial charge in [-0.3, -0.25) is 4.99 Å². The maximum absolute atomic E-state index is 6.05. The topological polar surface area (TPSA) is 71.7 Å². The van der Waals surface area contributed by atoms with Gasteiger partial charge in [0.1, 0.15) is 0 Å². The molecule has 2 atom stereocenters. The molecule has 2 fully saturated rings. The number of hydrogen-bond acceptors (Lipinski definition) is 4. The number of nitrogens with one attached hydrogen (secondary N) is 2. The molecule has 0 radical (unpaired) electrons. The van der Waals surface area contributed by atoms with E-state index >= 15 is 0 Å². The first-order chi connectivity index (χ1) is 12.6. The Kier molecular flexibility index (Phi) is 6.22. The standard InChI is InChI=1S/C20H34N4O2/c1-5-25-18-12-17(20(18)9-7-6-8-10-20)23-19(21-4)22-13-15-11-16(14(2)3)24-26-15/h11,14,17-18H,5-10,12-13H2,1-4H3,(H2,21,22,23). The zero-order valence-corrected chi connectivity index (χ0v) is 16.7. The van der Waals surface area contributed by atoms with Gasteiger partial charge in [0, 0.05) is 31.2 Å². The van der Waals surface area contributed by atoms with E-state index in [1.165, 1.54) is 32.1 Å². The first-order valence-electron chi connectivity index (χ1n) is 10.1. The van der Waals surface area contributed by atoms with E-state index in [0.29, 0.717) is 24.6 Å². The molecule has 2 N–H and O–H groups in total. The third-order valence-electron chi connectivity index (χ3n) is 6.07. The van der Waals surface area contributed by atoms with Crippen molar-refractivity contribution < 1.29 is 9.26 Å². The summed E-state index contributed by atoms with van der Waals surface area (Å²) in [6, 6.07) is 2.45. The lowest BCUT2D eigenvalue weighted by atomic mass is 9.55. The van der Waals surface area contributed by atoms with Crippen LogP contribution in [0.2, 0.25) is 0 Å². The van der Waals surface area contributed by atoms with Gasteiger partial charge in [0.2, 0.25) is 0 Å². The molecule has 2 saturated carbocycles. The van der Waals surface area contributed by atoms with Gasteiger partial charge >= 0.3 is 0 Å². The van der Waals surface area contributed by atoms with Gasteiger partial charge in [-0.05, 0) is 32.1 Å². The van der Waals surface area contributed by atoms with E-state index in [2.05, 4.69) is 41.6 Å². The molecule has 1 spiro atoms. The van der Waals surface area contributed by atoms with Gasteiger partial charge in [0.05, 0.1) is 18.3 Å². The van der Waals surface area contributed by atoms with Crippen LogP contribution >= 0.6 is 0 Å². The summed E-state index contributed by atoms with van der Waals surface area (Å²) in [5, 5.41) is 11.1. The lowest BCUT2D eigenvalue weighted by molar-refractivity contribution is -0.145. The zero-order valence-electron chi connectivity index (χ0n) is 16.7. The highest BCUT2D eigenvalue weighted by Crippen LogP contribution is 2.53. The van der Waals surface area contributed by atoms with Gasteiger partial charge in [-0.25, -0.2) is 0 Å². The molecule has 26 heavy (non-hydrogen) atoms. The highest BCUT2D eigenvalue weighted by atomic mass is 16.5. The Morgan fingerprint density at radius 1 is 1.38 bits per heavy atom. The van der Waals surface area contributed by atoms with Gasteiger partial charge in [-0.15, -0.1) is 0 Å². The maximum Gasteiger partial charge on any atom is 0.191 e. The Morgan fingerprint density at radius 2 is 2.15 bits per heavy atom. The van der Waals surface area contributed by atoms with Crippen LogP contribution in [-0.4, -0.2) is 36.9 Å². The van der Waals surface area contributed by atoms with E-state index in [0.717, 1.165) is 30.4 Å². The average molecular weight is 363 g/mol. The predicted octanol–water partition coefficient (Wildman–Crippen LogP) is 3.59. The number of nitrogens with zero attached hydrogens (tertiary/aromatic N) is 2. The highest BCUT2D eigenvalue weighted by Gasteiger charge is 2.55. The molecular weight excluding hydrogens is 328 g/mol. The van der Waals surface area contributed by atoms with E-state index in [1.54, 1.807) is 0 Å². The third-order valence-corrected chi connectivity index (χ3v) is 6.07. The summed E-state index contributed by atoms with van der Waals surface area (Å²) < 4.78 is 11.5. The fourth-order valence-electron chi connectivity index (χ4n) is 4.48. The van der Waals surface area contributed by atoms with Crippen LogP contribution in [-0.2, 0) is 11.3 Å². The number of rotatable bonds is 6. The minimum Gasteiger partial charge on any atom is -0.378 e. The normalized spacial score (nSPS) is 25.3. The zero-order chi connectivity index (χ0) is 18.6. The Balaban J connectivity index is 1.57. The van der Waals surface area contributed by atoms with E-state index in [-0.39, 0.29) is 5.41 Å². The molecule has 3 rings (SSSR count). The Bertz CT molecular complexity index is 605. The second-order valence-corrected chi connectivity index (χ2v) is 7.97. The summed E-state index contributed by atoms with van der Waals surface area (Å²) in [4.78, 5) is 4.41. The molecule has 0 aliphatic heterocycles. The van der Waals surface area contributed by atoms with Crippen molar-refractivity contribution in [2.24, 2.45) is 10.4 Å². The molecular formula is C20H34N4O2. The van der Waals surface area contributed by atoms with Crippen LogP contribution in [0.5, 0.6) is 0 Å². The third kappa shape index (κ3) is 3.90. The summed E-state index contributed by atoms with van der Waals surface area (Å²) in [6.07, 6.45) is 7.94. The monoisotopic (exact) mass is 362 g/mol. The molecule has 2 aliphatic carbocycles. The fourth-order valence-corrected chi connectivity index (χ4v) is 4.48. The maximum atomic E-state index is 6.05. The summed E-state index contributed by atoms with van der Waals surface area (Å²) in [5.74, 6) is 2.05. The molecule has 6 heteroatoms. The number of aromatic nitrogens is 1. The Hall–Kier alpha value is -1.56. The van der Waals surface area contributed by atoms with Crippen molar-refractivity contribution in [3.63, 3.8) is 0 Å². The first-order valence-corrected chi connectivity index (χ1v) is 10.1. The molecule has 0 bridgehead atoms. The smallest absolute Gasteiger partial charge is 0.191 e. The van der Waals surface area contributed by atoms with Gasteiger partial charge in [0.15, 0.2) is 11.7 Å². The molecule has 0 saturated heterocycles. The van der Waals surface area contributed by atoms with Crippen molar-refractivity contribution in [2.75, 3.05) is 13.7 Å². The molecule has 2 unspecified atom stereocenters. The lowest BCUT2D eigenvalue weighted by Crippen LogP contribution is -2.66. The van der Waals surface area contributed by atoms with Crippen LogP contribution < -0.4 is 10.6 Å². The minimum atomic E-state index is 0.281. The second kappa shape index (κ2) is 8.42. The first kappa shape index (κ1) is 19.2. The van der Waals surface area contributed by atoms with E-state index in [1.807, 2.05) is 13.1 Å². The van der Waals surface area contributed by atoms with Gasteiger partial charge < -0.3 is 19.9 Å². The largest absolute Gasteiger partial charge is 0.378 e. The predicted molar refractivity (Wildman–Crippen MR) is 103 cm³/mol. The van der Waals surface area contributed by atoms with Gasteiger partial charge in [-0.2, -0.15) is 0 Å². The molecule has 1 aromatic heterocycles.